The van der Waals surface area contributed by atoms with Crippen molar-refractivity contribution in [3.8, 4) is 33.6 Å². The van der Waals surface area contributed by atoms with E-state index in [0.717, 1.165) is 39.1 Å². The number of pyridine rings is 2. The van der Waals surface area contributed by atoms with Crippen LogP contribution in [0.15, 0.2) is 114 Å². The minimum atomic E-state index is -1.72. The van der Waals surface area contributed by atoms with E-state index in [2.05, 4.69) is 120 Å². The van der Waals surface area contributed by atoms with Crippen LogP contribution in [0.1, 0.15) is 5.56 Å². The second kappa shape index (κ2) is 12.5. The second-order valence-corrected chi connectivity index (χ2v) is 28.4. The van der Waals surface area contributed by atoms with Gasteiger partial charge in [-0.15, -0.1) is 18.2 Å². The zero-order valence-electron chi connectivity index (χ0n) is 27.0. The fourth-order valence-electron chi connectivity index (χ4n) is 6.40. The van der Waals surface area contributed by atoms with Gasteiger partial charge in [-0.05, 0) is 34.6 Å². The summed E-state index contributed by atoms with van der Waals surface area (Å²) in [6.07, 6.45) is 3.89. The van der Waals surface area contributed by atoms with Crippen molar-refractivity contribution in [2.45, 2.75) is 37.3 Å². The molecule has 3 nitrogen and oxygen atoms in total. The molecule has 0 unspecified atom stereocenters. The summed E-state index contributed by atoms with van der Waals surface area (Å²) in [5.41, 5.74) is 9.58. The van der Waals surface area contributed by atoms with E-state index in [-0.39, 0.29) is 20.1 Å². The van der Waals surface area contributed by atoms with Crippen LogP contribution in [0.2, 0.25) is 30.4 Å². The Labute approximate surface area is 288 Å². The summed E-state index contributed by atoms with van der Waals surface area (Å²) in [7, 11) is -1.71. The Balaban J connectivity index is 0.000000187. The molecular formula is C40H36GeIrN2OSi-2. The smallest absolute Gasteiger partial charge is 0 e. The summed E-state index contributed by atoms with van der Waals surface area (Å²) in [6.45, 7) is 6.95. The van der Waals surface area contributed by atoms with E-state index in [1.807, 2.05) is 48.8 Å². The fourth-order valence-corrected chi connectivity index (χ4v) is 11.6. The molecule has 0 bridgehead atoms. The first kappa shape index (κ1) is 32.3. The first-order chi connectivity index (χ1) is 21.6. The number of furan rings is 1. The fraction of sp³-hybridized carbons (Fsp3) is 0.150. The maximum Gasteiger partial charge on any atom is 0 e. The van der Waals surface area contributed by atoms with Gasteiger partial charge in [0, 0.05) is 37.3 Å². The third-order valence-corrected chi connectivity index (χ3v) is 16.7. The van der Waals surface area contributed by atoms with E-state index < -0.39 is 21.3 Å². The number of benzene rings is 4. The number of rotatable bonds is 3. The molecule has 0 saturated carbocycles. The van der Waals surface area contributed by atoms with E-state index in [4.69, 9.17) is 4.42 Å². The number of fused-ring (bicyclic) bond motifs is 7. The van der Waals surface area contributed by atoms with E-state index in [9.17, 15) is 0 Å². The van der Waals surface area contributed by atoms with Gasteiger partial charge in [0.1, 0.15) is 13.7 Å². The second-order valence-electron chi connectivity index (χ2n) is 13.4. The molecule has 231 valence electrons. The Morgan fingerprint density at radius 2 is 1.50 bits per heavy atom. The number of hydrogen-bond donors (Lipinski definition) is 0. The van der Waals surface area contributed by atoms with Gasteiger partial charge in [-0.3, -0.25) is 0 Å². The monoisotopic (exact) mass is 855 g/mol. The molecule has 0 atom stereocenters. The third-order valence-electron chi connectivity index (χ3n) is 8.93. The molecule has 4 heterocycles. The number of aryl methyl sites for hydroxylation is 1. The first-order valence-electron chi connectivity index (χ1n) is 15.5. The summed E-state index contributed by atoms with van der Waals surface area (Å²) in [5, 5.41) is 5.26. The van der Waals surface area contributed by atoms with Crippen LogP contribution in [-0.2, 0) is 20.1 Å². The van der Waals surface area contributed by atoms with Crippen LogP contribution in [0, 0.1) is 19.1 Å². The average Bonchev–Trinajstić information content (AvgIpc) is 3.54. The van der Waals surface area contributed by atoms with Gasteiger partial charge >= 0.3 is 99.8 Å². The molecule has 3 aromatic heterocycles. The van der Waals surface area contributed by atoms with Crippen LogP contribution in [0.5, 0.6) is 0 Å². The Hall–Kier alpha value is -3.61. The first-order valence-corrected chi connectivity index (χ1v) is 25.8. The quantitative estimate of drug-likeness (QED) is 0.132. The number of hydrogen-bond acceptors (Lipinski definition) is 3. The molecule has 1 radical (unpaired) electrons. The maximum atomic E-state index is 6.62. The van der Waals surface area contributed by atoms with Crippen LogP contribution < -0.4 is 14.8 Å². The van der Waals surface area contributed by atoms with Gasteiger partial charge in [0.2, 0.25) is 0 Å². The van der Waals surface area contributed by atoms with Crippen molar-refractivity contribution < 1.29 is 24.5 Å². The van der Waals surface area contributed by atoms with Gasteiger partial charge in [-0.25, -0.2) is 0 Å². The molecule has 0 saturated heterocycles. The maximum absolute atomic E-state index is 6.62. The molecule has 1 aliphatic heterocycles. The topological polar surface area (TPSA) is 38.9 Å². The van der Waals surface area contributed by atoms with Crippen LogP contribution in [0.4, 0.5) is 0 Å². The molecular weight excluding hydrogens is 817 g/mol. The summed E-state index contributed by atoms with van der Waals surface area (Å²) >= 11 is -1.72. The summed E-state index contributed by atoms with van der Waals surface area (Å²) in [5.74, 6) is 7.14. The standard InChI is InChI=1S/C26H20NOSi.C14H16GeN.Ir/c1-16-13-14-27-21(15-16)19-9-6-8-17-18-11-12-23-24(26(18)28-25(17)19)20-7-4-5-10-22(20)29(23,2)3;1-15(2,3)13-9-10-14(16-11-13)12-7-5-4-6-8-12;/h4-8,10-15H,1-3H3;4-7,9-11H,1-3H3;/q2*-1;. The molecule has 1 aliphatic rings. The van der Waals surface area contributed by atoms with E-state index in [1.54, 1.807) is 0 Å². The van der Waals surface area contributed by atoms with Crippen molar-refractivity contribution in [2.75, 3.05) is 0 Å². The van der Waals surface area contributed by atoms with Gasteiger partial charge in [0.05, 0.1) is 5.58 Å². The Bertz CT molecular complexity index is 2180. The largest absolute Gasteiger partial charge is 0 e. The summed E-state index contributed by atoms with van der Waals surface area (Å²) in [4.78, 5) is 9.11. The van der Waals surface area contributed by atoms with E-state index in [1.165, 1.54) is 36.8 Å². The van der Waals surface area contributed by atoms with Crippen molar-refractivity contribution in [1.82, 2.24) is 9.97 Å². The number of nitrogens with zero attached hydrogens (tertiary/aromatic N) is 2. The predicted molar refractivity (Wildman–Crippen MR) is 194 cm³/mol. The SMILES string of the molecule is Cc1ccnc(-c2[c-]ccc3c2oc2c4c(ccc23)[Si](C)(C)c2ccccc2-4)c1.[CH3][Ge]([CH3])([CH3])[c]1ccc(-c2[c-]cccc2)nc1.[Ir]. The van der Waals surface area contributed by atoms with E-state index >= 15 is 0 Å². The van der Waals surface area contributed by atoms with Crippen LogP contribution in [-0.4, -0.2) is 31.3 Å². The molecule has 6 heteroatoms. The molecule has 8 rings (SSSR count). The minimum Gasteiger partial charge on any atom is 0 e. The van der Waals surface area contributed by atoms with Gasteiger partial charge in [0.15, 0.2) is 0 Å². The minimum absolute atomic E-state index is 0. The average molecular weight is 854 g/mol. The van der Waals surface area contributed by atoms with Crippen LogP contribution >= 0.6 is 0 Å². The van der Waals surface area contributed by atoms with Crippen molar-refractivity contribution in [3.63, 3.8) is 0 Å². The Kier molecular flexibility index (Phi) is 8.81. The van der Waals surface area contributed by atoms with Gasteiger partial charge < -0.3 is 9.40 Å². The summed E-state index contributed by atoms with van der Waals surface area (Å²) < 4.78 is 8.07. The molecule has 4 aromatic carbocycles. The predicted octanol–water partition coefficient (Wildman–Crippen LogP) is 8.65. The van der Waals surface area contributed by atoms with Crippen LogP contribution in [0.25, 0.3) is 55.6 Å². The molecule has 0 fully saturated rings. The normalized spacial score (nSPS) is 13.0. The van der Waals surface area contributed by atoms with Crippen LogP contribution in [0.3, 0.4) is 0 Å². The molecule has 46 heavy (non-hydrogen) atoms. The zero-order chi connectivity index (χ0) is 31.3. The van der Waals surface area contributed by atoms with Crippen molar-refractivity contribution in [1.29, 1.82) is 0 Å². The molecule has 0 amide bonds. The zero-order valence-corrected chi connectivity index (χ0v) is 32.5. The van der Waals surface area contributed by atoms with Crippen molar-refractivity contribution >= 4 is 58.0 Å². The summed E-state index contributed by atoms with van der Waals surface area (Å²) in [6, 6.07) is 40.5. The van der Waals surface area contributed by atoms with Crippen molar-refractivity contribution in [2.24, 2.45) is 0 Å². The third kappa shape index (κ3) is 5.75. The van der Waals surface area contributed by atoms with Gasteiger partial charge in [-0.2, -0.15) is 0 Å². The molecule has 0 N–H and O–H groups in total. The van der Waals surface area contributed by atoms with Gasteiger partial charge in [0.25, 0.3) is 0 Å². The number of aromatic nitrogens is 2. The Morgan fingerprint density at radius 1 is 0.717 bits per heavy atom. The van der Waals surface area contributed by atoms with Gasteiger partial charge in [-0.1, -0.05) is 72.1 Å². The molecule has 7 aromatic rings. The Morgan fingerprint density at radius 3 is 2.22 bits per heavy atom. The van der Waals surface area contributed by atoms with E-state index in [0.29, 0.717) is 0 Å². The molecule has 0 aliphatic carbocycles. The molecule has 0 spiro atoms. The van der Waals surface area contributed by atoms with Crippen molar-refractivity contribution in [3.05, 3.63) is 127 Å².